The summed E-state index contributed by atoms with van der Waals surface area (Å²) >= 11 is 0. The van der Waals surface area contributed by atoms with Crippen LogP contribution in [0, 0.1) is 5.82 Å². The number of oxazole rings is 1. The summed E-state index contributed by atoms with van der Waals surface area (Å²) in [5.41, 5.74) is 0.938. The number of carbonyl (C=O) groups is 2. The Bertz CT molecular complexity index is 849. The van der Waals surface area contributed by atoms with Crippen LogP contribution in [0.15, 0.2) is 34.9 Å². The van der Waals surface area contributed by atoms with E-state index in [-0.39, 0.29) is 30.2 Å². The average molecular weight is 385 g/mol. The highest BCUT2D eigenvalue weighted by molar-refractivity contribution is 5.86. The van der Waals surface area contributed by atoms with Crippen LogP contribution in [0.5, 0.6) is 0 Å². The molecule has 7 heteroatoms. The van der Waals surface area contributed by atoms with Crippen molar-refractivity contribution in [2.75, 3.05) is 19.6 Å². The largest absolute Gasteiger partial charge is 0.443 e. The molecule has 28 heavy (non-hydrogen) atoms. The molecule has 2 aromatic rings. The van der Waals surface area contributed by atoms with Crippen LogP contribution < -0.4 is 0 Å². The maximum Gasteiger partial charge on any atom is 0.242 e. The molecule has 1 aromatic carbocycles. The molecular formula is C21H24FN3O3. The van der Waals surface area contributed by atoms with Gasteiger partial charge in [0.1, 0.15) is 17.6 Å². The van der Waals surface area contributed by atoms with Crippen LogP contribution in [0.2, 0.25) is 0 Å². The summed E-state index contributed by atoms with van der Waals surface area (Å²) in [5.74, 6) is 0.972. The van der Waals surface area contributed by atoms with Gasteiger partial charge >= 0.3 is 0 Å². The SMILES string of the molecule is O=C1CCCN1CC(=O)N1CCCC[C@@H]1c1ncc(Cc2ccc(F)cc2)o1. The van der Waals surface area contributed by atoms with Gasteiger partial charge in [0.05, 0.1) is 12.7 Å². The van der Waals surface area contributed by atoms with Gasteiger partial charge in [0, 0.05) is 25.9 Å². The molecule has 1 aromatic heterocycles. The third-order valence-electron chi connectivity index (χ3n) is 5.47. The van der Waals surface area contributed by atoms with E-state index in [9.17, 15) is 14.0 Å². The smallest absolute Gasteiger partial charge is 0.242 e. The van der Waals surface area contributed by atoms with Crippen LogP contribution in [0.3, 0.4) is 0 Å². The zero-order chi connectivity index (χ0) is 19.5. The fourth-order valence-corrected chi connectivity index (χ4v) is 3.97. The monoisotopic (exact) mass is 385 g/mol. The molecule has 1 atom stereocenters. The van der Waals surface area contributed by atoms with Crippen LogP contribution in [-0.4, -0.2) is 46.2 Å². The first-order chi connectivity index (χ1) is 13.6. The van der Waals surface area contributed by atoms with Crippen LogP contribution in [0.4, 0.5) is 4.39 Å². The molecule has 2 aliphatic rings. The first kappa shape index (κ1) is 18.7. The highest BCUT2D eigenvalue weighted by atomic mass is 19.1. The van der Waals surface area contributed by atoms with Crippen molar-refractivity contribution in [3.05, 3.63) is 53.5 Å². The Kier molecular flexibility index (Phi) is 5.41. The second-order valence-corrected chi connectivity index (χ2v) is 7.49. The summed E-state index contributed by atoms with van der Waals surface area (Å²) in [7, 11) is 0. The minimum Gasteiger partial charge on any atom is -0.443 e. The summed E-state index contributed by atoms with van der Waals surface area (Å²) in [6.07, 6.45) is 6.31. The lowest BCUT2D eigenvalue weighted by Gasteiger charge is -2.34. The highest BCUT2D eigenvalue weighted by Gasteiger charge is 2.33. The maximum atomic E-state index is 13.1. The number of likely N-dealkylation sites (tertiary alicyclic amines) is 2. The van der Waals surface area contributed by atoms with Gasteiger partial charge in [-0.1, -0.05) is 12.1 Å². The van der Waals surface area contributed by atoms with Gasteiger partial charge in [-0.05, 0) is 43.4 Å². The number of hydrogen-bond donors (Lipinski definition) is 0. The van der Waals surface area contributed by atoms with Crippen molar-refractivity contribution in [3.63, 3.8) is 0 Å². The first-order valence-electron chi connectivity index (χ1n) is 9.86. The van der Waals surface area contributed by atoms with Crippen molar-refractivity contribution >= 4 is 11.8 Å². The normalized spacial score (nSPS) is 20.0. The molecule has 0 N–H and O–H groups in total. The van der Waals surface area contributed by atoms with E-state index in [2.05, 4.69) is 4.98 Å². The number of carbonyl (C=O) groups excluding carboxylic acids is 2. The molecule has 148 valence electrons. The van der Waals surface area contributed by atoms with E-state index in [0.29, 0.717) is 37.6 Å². The summed E-state index contributed by atoms with van der Waals surface area (Å²) in [6, 6.07) is 6.10. The predicted molar refractivity (Wildman–Crippen MR) is 99.8 cm³/mol. The van der Waals surface area contributed by atoms with Gasteiger partial charge in [-0.3, -0.25) is 9.59 Å². The Morgan fingerprint density at radius 1 is 1.18 bits per heavy atom. The van der Waals surface area contributed by atoms with Gasteiger partial charge in [-0.2, -0.15) is 0 Å². The number of aromatic nitrogens is 1. The lowest BCUT2D eigenvalue weighted by atomic mass is 10.0. The number of hydrogen-bond acceptors (Lipinski definition) is 4. The molecule has 2 fully saturated rings. The van der Waals surface area contributed by atoms with E-state index < -0.39 is 0 Å². The highest BCUT2D eigenvalue weighted by Crippen LogP contribution is 2.31. The van der Waals surface area contributed by atoms with E-state index in [0.717, 1.165) is 31.2 Å². The van der Waals surface area contributed by atoms with Crippen molar-refractivity contribution in [2.24, 2.45) is 0 Å². The number of rotatable bonds is 5. The van der Waals surface area contributed by atoms with E-state index in [4.69, 9.17) is 4.42 Å². The minimum atomic E-state index is -0.269. The van der Waals surface area contributed by atoms with Gasteiger partial charge in [0.15, 0.2) is 0 Å². The zero-order valence-electron chi connectivity index (χ0n) is 15.8. The first-order valence-corrected chi connectivity index (χ1v) is 9.86. The number of nitrogens with zero attached hydrogens (tertiary/aromatic N) is 3. The molecule has 0 spiro atoms. The molecule has 2 amide bonds. The molecule has 6 nitrogen and oxygen atoms in total. The number of halogens is 1. The quantitative estimate of drug-likeness (QED) is 0.793. The van der Waals surface area contributed by atoms with Crippen molar-refractivity contribution in [3.8, 4) is 0 Å². The molecule has 2 aliphatic heterocycles. The number of amides is 2. The van der Waals surface area contributed by atoms with Gasteiger partial charge in [-0.25, -0.2) is 9.37 Å². The Morgan fingerprint density at radius 2 is 2.00 bits per heavy atom. The van der Waals surface area contributed by atoms with E-state index >= 15 is 0 Å². The molecule has 0 saturated carbocycles. The van der Waals surface area contributed by atoms with Gasteiger partial charge in [0.2, 0.25) is 17.7 Å². The standard InChI is InChI=1S/C21H24FN3O3/c22-16-8-6-15(7-9-16)12-17-13-23-21(28-17)18-4-1-2-11-25(18)20(27)14-24-10-3-5-19(24)26/h6-9,13,18H,1-5,10-12,14H2/t18-/m1/s1. The third kappa shape index (κ3) is 4.08. The Morgan fingerprint density at radius 3 is 2.75 bits per heavy atom. The summed E-state index contributed by atoms with van der Waals surface area (Å²) in [4.78, 5) is 32.6. The second-order valence-electron chi connectivity index (χ2n) is 7.49. The van der Waals surface area contributed by atoms with Crippen LogP contribution in [0.1, 0.15) is 55.4 Å². The van der Waals surface area contributed by atoms with Gasteiger partial charge < -0.3 is 14.2 Å². The Balaban J connectivity index is 1.45. The van der Waals surface area contributed by atoms with Crippen molar-refractivity contribution in [2.45, 2.75) is 44.6 Å². The van der Waals surface area contributed by atoms with Crippen molar-refractivity contribution in [1.82, 2.24) is 14.8 Å². The molecular weight excluding hydrogens is 361 g/mol. The van der Waals surface area contributed by atoms with Gasteiger partial charge in [0.25, 0.3) is 0 Å². The molecule has 4 rings (SSSR count). The van der Waals surface area contributed by atoms with Crippen LogP contribution in [-0.2, 0) is 16.0 Å². The van der Waals surface area contributed by atoms with Crippen molar-refractivity contribution < 1.29 is 18.4 Å². The maximum absolute atomic E-state index is 13.1. The fraction of sp³-hybridized carbons (Fsp3) is 0.476. The number of piperidine rings is 1. The van der Waals surface area contributed by atoms with Gasteiger partial charge in [-0.15, -0.1) is 0 Å². The molecule has 0 aliphatic carbocycles. The molecule has 3 heterocycles. The minimum absolute atomic E-state index is 0.0433. The van der Waals surface area contributed by atoms with Crippen LogP contribution in [0.25, 0.3) is 0 Å². The summed E-state index contributed by atoms with van der Waals surface area (Å²) in [6.45, 7) is 1.45. The second kappa shape index (κ2) is 8.12. The molecule has 0 bridgehead atoms. The van der Waals surface area contributed by atoms with E-state index in [1.807, 2.05) is 4.90 Å². The lowest BCUT2D eigenvalue weighted by molar-refractivity contribution is -0.141. The summed E-state index contributed by atoms with van der Waals surface area (Å²) < 4.78 is 19.0. The third-order valence-corrected chi connectivity index (χ3v) is 5.47. The number of benzene rings is 1. The molecule has 0 unspecified atom stereocenters. The summed E-state index contributed by atoms with van der Waals surface area (Å²) in [5, 5.41) is 0. The Hall–Kier alpha value is -2.70. The zero-order valence-corrected chi connectivity index (χ0v) is 15.8. The average Bonchev–Trinajstić information content (AvgIpc) is 3.33. The fourth-order valence-electron chi connectivity index (χ4n) is 3.97. The van der Waals surface area contributed by atoms with E-state index in [1.54, 1.807) is 23.2 Å². The molecule has 0 radical (unpaired) electrons. The Labute approximate surface area is 163 Å². The van der Waals surface area contributed by atoms with Crippen molar-refractivity contribution in [1.29, 1.82) is 0 Å². The van der Waals surface area contributed by atoms with Crippen LogP contribution >= 0.6 is 0 Å². The predicted octanol–water partition coefficient (Wildman–Crippen LogP) is 3.08. The van der Waals surface area contributed by atoms with E-state index in [1.165, 1.54) is 12.1 Å². The molecule has 2 saturated heterocycles. The lowest BCUT2D eigenvalue weighted by Crippen LogP contribution is -2.44. The topological polar surface area (TPSA) is 66.7 Å².